The van der Waals surface area contributed by atoms with E-state index in [9.17, 15) is 8.42 Å². The fraction of sp³-hybridized carbons (Fsp3) is 1.00. The maximum atomic E-state index is 10.8. The van der Waals surface area contributed by atoms with Gasteiger partial charge in [-0.25, -0.2) is 8.42 Å². The molecule has 0 saturated heterocycles. The van der Waals surface area contributed by atoms with E-state index in [-0.39, 0.29) is 16.7 Å². The van der Waals surface area contributed by atoms with Crippen LogP contribution in [-0.2, 0) is 9.84 Å². The molecule has 0 saturated carbocycles. The molecule has 0 aromatic carbocycles. The van der Waals surface area contributed by atoms with Gasteiger partial charge < -0.3 is 5.32 Å². The summed E-state index contributed by atoms with van der Waals surface area (Å²) >= 11 is 5.96. The highest BCUT2D eigenvalue weighted by molar-refractivity contribution is 7.90. The van der Waals surface area contributed by atoms with Crippen LogP contribution in [0.1, 0.15) is 27.2 Å². The molecule has 0 aliphatic rings. The molecule has 0 amide bonds. The number of rotatable bonds is 6. The van der Waals surface area contributed by atoms with Gasteiger partial charge in [0.05, 0.1) is 5.75 Å². The van der Waals surface area contributed by atoms with Crippen molar-refractivity contribution >= 4 is 21.4 Å². The van der Waals surface area contributed by atoms with Gasteiger partial charge in [0.2, 0.25) is 0 Å². The van der Waals surface area contributed by atoms with Crippen molar-refractivity contribution < 1.29 is 8.42 Å². The van der Waals surface area contributed by atoms with Gasteiger partial charge in [-0.3, -0.25) is 0 Å². The Morgan fingerprint density at radius 1 is 1.43 bits per heavy atom. The average Bonchev–Trinajstić information content (AvgIpc) is 1.96. The number of nitrogens with one attached hydrogen (secondary N) is 1. The third-order valence-electron chi connectivity index (χ3n) is 2.27. The molecule has 0 radical (unpaired) electrons. The van der Waals surface area contributed by atoms with Crippen LogP contribution in [0.25, 0.3) is 0 Å². The minimum atomic E-state index is -2.84. The van der Waals surface area contributed by atoms with Gasteiger partial charge in [-0.2, -0.15) is 0 Å². The Kier molecular flexibility index (Phi) is 5.41. The van der Waals surface area contributed by atoms with E-state index < -0.39 is 9.84 Å². The summed E-state index contributed by atoms with van der Waals surface area (Å²) in [6.45, 7) is 6.61. The van der Waals surface area contributed by atoms with Gasteiger partial charge in [-0.05, 0) is 33.7 Å². The second kappa shape index (κ2) is 5.33. The van der Waals surface area contributed by atoms with E-state index in [1.165, 1.54) is 6.26 Å². The van der Waals surface area contributed by atoms with E-state index in [1.54, 1.807) is 0 Å². The first-order valence-corrected chi connectivity index (χ1v) is 7.22. The molecule has 1 N–H and O–H groups in total. The Morgan fingerprint density at radius 2 is 1.93 bits per heavy atom. The van der Waals surface area contributed by atoms with E-state index in [1.807, 2.05) is 20.8 Å². The molecule has 0 bridgehead atoms. The van der Waals surface area contributed by atoms with Crippen LogP contribution in [0.5, 0.6) is 0 Å². The van der Waals surface area contributed by atoms with Crippen molar-refractivity contribution in [1.82, 2.24) is 5.32 Å². The van der Waals surface area contributed by atoms with Gasteiger partial charge >= 0.3 is 0 Å². The Morgan fingerprint density at radius 3 is 2.29 bits per heavy atom. The first-order chi connectivity index (χ1) is 6.15. The smallest absolute Gasteiger partial charge is 0.147 e. The molecule has 0 aromatic heterocycles. The van der Waals surface area contributed by atoms with E-state index in [0.717, 1.165) is 0 Å². The maximum absolute atomic E-state index is 10.8. The summed E-state index contributed by atoms with van der Waals surface area (Å²) in [5.74, 6) is 0.229. The summed E-state index contributed by atoms with van der Waals surface area (Å²) < 4.78 is 21.7. The van der Waals surface area contributed by atoms with Crippen LogP contribution in [0.3, 0.4) is 0 Å². The van der Waals surface area contributed by atoms with Crippen molar-refractivity contribution in [2.24, 2.45) is 0 Å². The third kappa shape index (κ3) is 6.62. The second-order valence-electron chi connectivity index (χ2n) is 4.25. The minimum absolute atomic E-state index is 0.0146. The molecule has 0 aliphatic heterocycles. The lowest BCUT2D eigenvalue weighted by Crippen LogP contribution is -2.46. The quantitative estimate of drug-likeness (QED) is 0.565. The van der Waals surface area contributed by atoms with E-state index in [2.05, 4.69) is 5.32 Å². The largest absolute Gasteiger partial charge is 0.310 e. The first-order valence-electron chi connectivity index (χ1n) is 4.72. The highest BCUT2D eigenvalue weighted by atomic mass is 35.5. The Hall–Kier alpha value is 0.200. The molecule has 5 heteroatoms. The van der Waals surface area contributed by atoms with Crippen molar-refractivity contribution in [3.63, 3.8) is 0 Å². The zero-order chi connectivity index (χ0) is 11.4. The van der Waals surface area contributed by atoms with Crippen molar-refractivity contribution in [2.75, 3.05) is 18.6 Å². The van der Waals surface area contributed by atoms with Crippen LogP contribution in [0, 0.1) is 0 Å². The van der Waals surface area contributed by atoms with Crippen LogP contribution in [0.2, 0.25) is 0 Å². The average molecular weight is 242 g/mol. The van der Waals surface area contributed by atoms with E-state index in [4.69, 9.17) is 11.6 Å². The van der Waals surface area contributed by atoms with Crippen LogP contribution >= 0.6 is 11.6 Å². The van der Waals surface area contributed by atoms with Crippen molar-refractivity contribution in [2.45, 2.75) is 38.1 Å². The van der Waals surface area contributed by atoms with Crippen molar-refractivity contribution in [1.29, 1.82) is 0 Å². The van der Waals surface area contributed by atoms with Crippen LogP contribution < -0.4 is 5.32 Å². The highest BCUT2D eigenvalue weighted by Crippen LogP contribution is 2.14. The fourth-order valence-corrected chi connectivity index (χ4v) is 1.63. The second-order valence-corrected chi connectivity index (χ2v) is 7.16. The summed E-state index contributed by atoms with van der Waals surface area (Å²) in [5.41, 5.74) is -0.154. The zero-order valence-corrected chi connectivity index (χ0v) is 10.9. The van der Waals surface area contributed by atoms with Crippen molar-refractivity contribution in [3.05, 3.63) is 0 Å². The molecule has 0 aliphatic carbocycles. The molecular weight excluding hydrogens is 222 g/mol. The van der Waals surface area contributed by atoms with Crippen molar-refractivity contribution in [3.8, 4) is 0 Å². The number of hydrogen-bond donors (Lipinski definition) is 1. The fourth-order valence-electron chi connectivity index (χ4n) is 0.886. The number of halogens is 1. The SMILES string of the molecule is CC(Cl)C(C)(C)NCCCS(C)(=O)=O. The molecule has 86 valence electrons. The predicted octanol–water partition coefficient (Wildman–Crippen LogP) is 1.42. The number of sulfone groups is 1. The summed E-state index contributed by atoms with van der Waals surface area (Å²) in [6, 6.07) is 0. The van der Waals surface area contributed by atoms with Gasteiger partial charge in [-0.15, -0.1) is 11.6 Å². The molecule has 0 fully saturated rings. The standard InChI is InChI=1S/C9H20ClNO2S/c1-8(10)9(2,3)11-6-5-7-14(4,12)13/h8,11H,5-7H2,1-4H3. The first kappa shape index (κ1) is 14.2. The molecule has 14 heavy (non-hydrogen) atoms. The van der Waals surface area contributed by atoms with Gasteiger partial charge in [0.1, 0.15) is 9.84 Å². The van der Waals surface area contributed by atoms with Gasteiger partial charge in [0, 0.05) is 17.2 Å². The monoisotopic (exact) mass is 241 g/mol. The molecule has 0 rings (SSSR count). The third-order valence-corrected chi connectivity index (χ3v) is 3.84. The van der Waals surface area contributed by atoms with Gasteiger partial charge in [-0.1, -0.05) is 0 Å². The van der Waals surface area contributed by atoms with E-state index in [0.29, 0.717) is 13.0 Å². The maximum Gasteiger partial charge on any atom is 0.147 e. The van der Waals surface area contributed by atoms with Crippen LogP contribution in [0.4, 0.5) is 0 Å². The lowest BCUT2D eigenvalue weighted by Gasteiger charge is -2.29. The highest BCUT2D eigenvalue weighted by Gasteiger charge is 2.22. The summed E-state index contributed by atoms with van der Waals surface area (Å²) in [4.78, 5) is 0. The number of hydrogen-bond acceptors (Lipinski definition) is 3. The Labute approximate surface area is 92.1 Å². The molecule has 1 unspecified atom stereocenters. The van der Waals surface area contributed by atoms with E-state index >= 15 is 0 Å². The number of alkyl halides is 1. The topological polar surface area (TPSA) is 46.2 Å². The molecular formula is C9H20ClNO2S. The zero-order valence-electron chi connectivity index (χ0n) is 9.30. The summed E-state index contributed by atoms with van der Waals surface area (Å²) in [6.07, 6.45) is 1.88. The van der Waals surface area contributed by atoms with Crippen LogP contribution in [-0.4, -0.2) is 37.9 Å². The Balaban J connectivity index is 3.76. The summed E-state index contributed by atoms with van der Waals surface area (Å²) in [7, 11) is -2.84. The molecule has 1 atom stereocenters. The lowest BCUT2D eigenvalue weighted by molar-refractivity contribution is 0.383. The molecule has 0 aromatic rings. The molecule has 3 nitrogen and oxygen atoms in total. The Bertz CT molecular complexity index is 260. The summed E-state index contributed by atoms with van der Waals surface area (Å²) in [5, 5.41) is 3.25. The normalized spacial score (nSPS) is 15.5. The van der Waals surface area contributed by atoms with Crippen LogP contribution in [0.15, 0.2) is 0 Å². The van der Waals surface area contributed by atoms with Gasteiger partial charge in [0.25, 0.3) is 0 Å². The molecule has 0 spiro atoms. The van der Waals surface area contributed by atoms with Gasteiger partial charge in [0.15, 0.2) is 0 Å². The lowest BCUT2D eigenvalue weighted by atomic mass is 10.0. The minimum Gasteiger partial charge on any atom is -0.310 e. The predicted molar refractivity (Wildman–Crippen MR) is 61.7 cm³/mol. The molecule has 0 heterocycles.